The fourth-order valence-electron chi connectivity index (χ4n) is 1.36. The first-order valence-corrected chi connectivity index (χ1v) is 5.02. The summed E-state index contributed by atoms with van der Waals surface area (Å²) >= 11 is 0. The molecule has 0 amide bonds. The minimum atomic E-state index is -0.230. The van der Waals surface area contributed by atoms with Crippen LogP contribution in [0.5, 0.6) is 0 Å². The highest BCUT2D eigenvalue weighted by molar-refractivity contribution is 5.71. The number of rotatable bonds is 5. The van der Waals surface area contributed by atoms with Gasteiger partial charge in [0.2, 0.25) is 0 Å². The van der Waals surface area contributed by atoms with Crippen molar-refractivity contribution in [2.24, 2.45) is 7.05 Å². The number of nitrogens with one attached hydrogen (secondary N) is 1. The molecule has 15 heavy (non-hydrogen) atoms. The van der Waals surface area contributed by atoms with Crippen molar-refractivity contribution in [2.75, 3.05) is 13.2 Å². The molecule has 0 saturated heterocycles. The third kappa shape index (κ3) is 3.36. The van der Waals surface area contributed by atoms with Crippen LogP contribution in [0.2, 0.25) is 0 Å². The van der Waals surface area contributed by atoms with Gasteiger partial charge in [-0.3, -0.25) is 14.8 Å². The molecule has 1 atom stereocenters. The first kappa shape index (κ1) is 11.7. The van der Waals surface area contributed by atoms with Crippen LogP contribution >= 0.6 is 0 Å². The molecule has 84 valence electrons. The van der Waals surface area contributed by atoms with Crippen molar-refractivity contribution in [1.29, 1.82) is 0 Å². The molecule has 5 nitrogen and oxygen atoms in total. The van der Waals surface area contributed by atoms with E-state index < -0.39 is 0 Å². The second-order valence-corrected chi connectivity index (χ2v) is 3.29. The van der Waals surface area contributed by atoms with Crippen LogP contribution in [0.25, 0.3) is 0 Å². The number of esters is 1. The SMILES string of the molecule is CCOC(=O)CNC(C)c1ccnn1C. The van der Waals surface area contributed by atoms with Crippen LogP contribution in [0.3, 0.4) is 0 Å². The highest BCUT2D eigenvalue weighted by Gasteiger charge is 2.10. The number of hydrogen-bond donors (Lipinski definition) is 1. The molecule has 1 aromatic rings. The zero-order chi connectivity index (χ0) is 11.3. The van der Waals surface area contributed by atoms with Gasteiger partial charge in [-0.05, 0) is 19.9 Å². The van der Waals surface area contributed by atoms with E-state index in [4.69, 9.17) is 4.74 Å². The molecule has 1 aromatic heterocycles. The summed E-state index contributed by atoms with van der Waals surface area (Å²) in [4.78, 5) is 11.1. The van der Waals surface area contributed by atoms with Crippen LogP contribution < -0.4 is 5.32 Å². The van der Waals surface area contributed by atoms with Crippen LogP contribution in [-0.2, 0) is 16.6 Å². The van der Waals surface area contributed by atoms with Gasteiger partial charge in [0.15, 0.2) is 0 Å². The van der Waals surface area contributed by atoms with Crippen LogP contribution in [0.1, 0.15) is 25.6 Å². The molecule has 0 aromatic carbocycles. The summed E-state index contributed by atoms with van der Waals surface area (Å²) in [6, 6.07) is 2.00. The van der Waals surface area contributed by atoms with E-state index in [0.717, 1.165) is 5.69 Å². The zero-order valence-corrected chi connectivity index (χ0v) is 9.36. The zero-order valence-electron chi connectivity index (χ0n) is 9.36. The maximum Gasteiger partial charge on any atom is 0.319 e. The summed E-state index contributed by atoms with van der Waals surface area (Å²) in [5.41, 5.74) is 1.04. The number of carbonyl (C=O) groups excluding carboxylic acids is 1. The van der Waals surface area contributed by atoms with E-state index in [1.54, 1.807) is 17.8 Å². The van der Waals surface area contributed by atoms with E-state index in [1.165, 1.54) is 0 Å². The van der Waals surface area contributed by atoms with Gasteiger partial charge in [-0.25, -0.2) is 0 Å². The van der Waals surface area contributed by atoms with Gasteiger partial charge in [0.05, 0.1) is 18.8 Å². The number of carbonyl (C=O) groups is 1. The highest BCUT2D eigenvalue weighted by atomic mass is 16.5. The van der Waals surface area contributed by atoms with E-state index in [1.807, 2.05) is 20.0 Å². The molecule has 1 heterocycles. The Morgan fingerprint density at radius 2 is 2.47 bits per heavy atom. The molecule has 0 radical (unpaired) electrons. The predicted octanol–water partition coefficient (Wildman–Crippen LogP) is 0.634. The number of ether oxygens (including phenoxy) is 1. The van der Waals surface area contributed by atoms with Crippen molar-refractivity contribution in [3.63, 3.8) is 0 Å². The van der Waals surface area contributed by atoms with E-state index in [-0.39, 0.29) is 18.6 Å². The summed E-state index contributed by atoms with van der Waals surface area (Å²) in [7, 11) is 1.87. The van der Waals surface area contributed by atoms with Crippen molar-refractivity contribution in [3.05, 3.63) is 18.0 Å². The molecule has 1 unspecified atom stereocenters. The Hall–Kier alpha value is -1.36. The Balaban J connectivity index is 2.40. The van der Waals surface area contributed by atoms with Gasteiger partial charge in [0.1, 0.15) is 0 Å². The van der Waals surface area contributed by atoms with Gasteiger partial charge in [-0.2, -0.15) is 5.10 Å². The van der Waals surface area contributed by atoms with Crippen LogP contribution in [0.15, 0.2) is 12.3 Å². The lowest BCUT2D eigenvalue weighted by Crippen LogP contribution is -2.28. The fraction of sp³-hybridized carbons (Fsp3) is 0.600. The third-order valence-electron chi connectivity index (χ3n) is 2.16. The maximum atomic E-state index is 11.1. The quantitative estimate of drug-likeness (QED) is 0.726. The highest BCUT2D eigenvalue weighted by Crippen LogP contribution is 2.09. The van der Waals surface area contributed by atoms with E-state index in [9.17, 15) is 4.79 Å². The lowest BCUT2D eigenvalue weighted by Gasteiger charge is -2.13. The summed E-state index contributed by atoms with van der Waals surface area (Å²) in [6.07, 6.45) is 1.73. The van der Waals surface area contributed by atoms with Crippen molar-refractivity contribution >= 4 is 5.97 Å². The summed E-state index contributed by atoms with van der Waals surface area (Å²) in [6.45, 7) is 4.42. The lowest BCUT2D eigenvalue weighted by molar-refractivity contribution is -0.142. The molecule has 0 fully saturated rings. The molecule has 1 N–H and O–H groups in total. The monoisotopic (exact) mass is 211 g/mol. The average molecular weight is 211 g/mol. The van der Waals surface area contributed by atoms with Gasteiger partial charge in [-0.1, -0.05) is 0 Å². The van der Waals surface area contributed by atoms with Crippen LogP contribution in [0.4, 0.5) is 0 Å². The minimum Gasteiger partial charge on any atom is -0.465 e. The molecule has 0 spiro atoms. The Kier molecular flexibility index (Phi) is 4.30. The summed E-state index contributed by atoms with van der Waals surface area (Å²) in [5.74, 6) is -0.230. The van der Waals surface area contributed by atoms with Crippen molar-refractivity contribution in [3.8, 4) is 0 Å². The van der Waals surface area contributed by atoms with Gasteiger partial charge < -0.3 is 4.74 Å². The Morgan fingerprint density at radius 1 is 1.73 bits per heavy atom. The standard InChI is InChI=1S/C10H17N3O2/c1-4-15-10(14)7-11-8(2)9-5-6-12-13(9)3/h5-6,8,11H,4,7H2,1-3H3. The molecule has 0 saturated carbocycles. The van der Waals surface area contributed by atoms with Crippen LogP contribution in [0, 0.1) is 0 Å². The molecular formula is C10H17N3O2. The molecule has 0 aliphatic rings. The number of aryl methyl sites for hydroxylation is 1. The van der Waals surface area contributed by atoms with E-state index in [0.29, 0.717) is 6.61 Å². The number of nitrogens with zero attached hydrogens (tertiary/aromatic N) is 2. The smallest absolute Gasteiger partial charge is 0.319 e. The van der Waals surface area contributed by atoms with Gasteiger partial charge >= 0.3 is 5.97 Å². The second kappa shape index (κ2) is 5.50. The molecule has 0 bridgehead atoms. The maximum absolute atomic E-state index is 11.1. The van der Waals surface area contributed by atoms with E-state index in [2.05, 4.69) is 10.4 Å². The molecule has 0 aliphatic heterocycles. The first-order valence-electron chi connectivity index (χ1n) is 5.02. The number of hydrogen-bond acceptors (Lipinski definition) is 4. The predicted molar refractivity (Wildman–Crippen MR) is 56.3 cm³/mol. The average Bonchev–Trinajstić information content (AvgIpc) is 2.61. The van der Waals surface area contributed by atoms with Gasteiger partial charge in [0.25, 0.3) is 0 Å². The Morgan fingerprint density at radius 3 is 3.00 bits per heavy atom. The van der Waals surface area contributed by atoms with Crippen LogP contribution in [-0.4, -0.2) is 28.9 Å². The van der Waals surface area contributed by atoms with Crippen molar-refractivity contribution in [2.45, 2.75) is 19.9 Å². The minimum absolute atomic E-state index is 0.0851. The molecule has 5 heteroatoms. The Bertz CT molecular complexity index is 322. The first-order chi connectivity index (χ1) is 7.15. The summed E-state index contributed by atoms with van der Waals surface area (Å²) in [5, 5.41) is 7.14. The Labute approximate surface area is 89.4 Å². The normalized spacial score (nSPS) is 12.5. The summed E-state index contributed by atoms with van der Waals surface area (Å²) < 4.78 is 6.60. The van der Waals surface area contributed by atoms with Crippen molar-refractivity contribution < 1.29 is 9.53 Å². The lowest BCUT2D eigenvalue weighted by atomic mass is 10.2. The van der Waals surface area contributed by atoms with Gasteiger partial charge in [0, 0.05) is 19.3 Å². The third-order valence-corrected chi connectivity index (χ3v) is 2.16. The van der Waals surface area contributed by atoms with E-state index >= 15 is 0 Å². The van der Waals surface area contributed by atoms with Crippen molar-refractivity contribution in [1.82, 2.24) is 15.1 Å². The fourth-order valence-corrected chi connectivity index (χ4v) is 1.36. The topological polar surface area (TPSA) is 56.1 Å². The largest absolute Gasteiger partial charge is 0.465 e. The molecule has 1 rings (SSSR count). The number of aromatic nitrogens is 2. The molecular weight excluding hydrogens is 194 g/mol. The molecule has 0 aliphatic carbocycles. The van der Waals surface area contributed by atoms with Gasteiger partial charge in [-0.15, -0.1) is 0 Å². The second-order valence-electron chi connectivity index (χ2n) is 3.29.